The molecule has 120 valence electrons. The SMILES string of the molecule is CNC(=O)c1cccc(C(=O)N(C)CC2CCCCC2O)c1. The maximum Gasteiger partial charge on any atom is 0.253 e. The maximum absolute atomic E-state index is 12.5. The zero-order valence-corrected chi connectivity index (χ0v) is 13.2. The number of nitrogens with one attached hydrogen (secondary N) is 1. The van der Waals surface area contributed by atoms with Crippen LogP contribution in [-0.4, -0.2) is 48.6 Å². The van der Waals surface area contributed by atoms with Gasteiger partial charge in [-0.05, 0) is 31.0 Å². The maximum atomic E-state index is 12.5. The molecule has 1 aliphatic carbocycles. The lowest BCUT2D eigenvalue weighted by Crippen LogP contribution is -2.38. The summed E-state index contributed by atoms with van der Waals surface area (Å²) >= 11 is 0. The van der Waals surface area contributed by atoms with E-state index in [9.17, 15) is 14.7 Å². The topological polar surface area (TPSA) is 69.6 Å². The minimum atomic E-state index is -0.318. The highest BCUT2D eigenvalue weighted by Gasteiger charge is 2.26. The van der Waals surface area contributed by atoms with Crippen LogP contribution < -0.4 is 5.32 Å². The van der Waals surface area contributed by atoms with Crippen LogP contribution in [0.15, 0.2) is 24.3 Å². The summed E-state index contributed by atoms with van der Waals surface area (Å²) in [5.41, 5.74) is 0.966. The number of carbonyl (C=O) groups excluding carboxylic acids is 2. The van der Waals surface area contributed by atoms with E-state index >= 15 is 0 Å². The second kappa shape index (κ2) is 7.40. The Bertz CT molecular complexity index is 544. The molecule has 2 atom stereocenters. The van der Waals surface area contributed by atoms with Crippen LogP contribution in [0.1, 0.15) is 46.4 Å². The lowest BCUT2D eigenvalue weighted by molar-refractivity contribution is 0.0451. The van der Waals surface area contributed by atoms with Crippen molar-refractivity contribution < 1.29 is 14.7 Å². The Morgan fingerprint density at radius 3 is 2.64 bits per heavy atom. The molecule has 0 aromatic heterocycles. The third-order valence-corrected chi connectivity index (χ3v) is 4.32. The zero-order valence-electron chi connectivity index (χ0n) is 13.2. The molecule has 22 heavy (non-hydrogen) atoms. The number of carbonyl (C=O) groups is 2. The van der Waals surface area contributed by atoms with Gasteiger partial charge in [0.05, 0.1) is 6.10 Å². The number of hydrogen-bond donors (Lipinski definition) is 2. The fraction of sp³-hybridized carbons (Fsp3) is 0.529. The molecule has 1 aliphatic rings. The van der Waals surface area contributed by atoms with E-state index < -0.39 is 0 Å². The first-order chi connectivity index (χ1) is 10.5. The summed E-state index contributed by atoms with van der Waals surface area (Å²) in [6, 6.07) is 6.71. The van der Waals surface area contributed by atoms with Crippen LogP contribution in [0.5, 0.6) is 0 Å². The molecule has 0 spiro atoms. The Hall–Kier alpha value is -1.88. The van der Waals surface area contributed by atoms with Crippen LogP contribution in [0.2, 0.25) is 0 Å². The van der Waals surface area contributed by atoms with Crippen LogP contribution in [0.25, 0.3) is 0 Å². The van der Waals surface area contributed by atoms with Crippen molar-refractivity contribution in [1.29, 1.82) is 0 Å². The summed E-state index contributed by atoms with van der Waals surface area (Å²) in [5, 5.41) is 12.6. The highest BCUT2D eigenvalue weighted by Crippen LogP contribution is 2.25. The largest absolute Gasteiger partial charge is 0.393 e. The van der Waals surface area contributed by atoms with E-state index in [1.165, 1.54) is 0 Å². The first-order valence-electron chi connectivity index (χ1n) is 7.78. The molecule has 0 saturated heterocycles. The molecular weight excluding hydrogens is 280 g/mol. The van der Waals surface area contributed by atoms with Crippen LogP contribution in [-0.2, 0) is 0 Å². The number of amides is 2. The standard InChI is InChI=1S/C17H24N2O3/c1-18-16(21)12-7-5-8-13(10-12)17(22)19(2)11-14-6-3-4-9-15(14)20/h5,7-8,10,14-15,20H,3-4,6,9,11H2,1-2H3,(H,18,21). The highest BCUT2D eigenvalue weighted by atomic mass is 16.3. The molecule has 2 unspecified atom stereocenters. The lowest BCUT2D eigenvalue weighted by atomic mass is 9.86. The van der Waals surface area contributed by atoms with Gasteiger partial charge in [0, 0.05) is 37.7 Å². The highest BCUT2D eigenvalue weighted by molar-refractivity contribution is 5.99. The molecule has 2 rings (SSSR count). The molecule has 0 bridgehead atoms. The molecule has 2 amide bonds. The summed E-state index contributed by atoms with van der Waals surface area (Å²) in [6.07, 6.45) is 3.62. The molecule has 2 N–H and O–H groups in total. The number of hydrogen-bond acceptors (Lipinski definition) is 3. The summed E-state index contributed by atoms with van der Waals surface area (Å²) in [4.78, 5) is 25.8. The average Bonchev–Trinajstić information content (AvgIpc) is 2.55. The van der Waals surface area contributed by atoms with Crippen molar-refractivity contribution >= 4 is 11.8 Å². The summed E-state index contributed by atoms with van der Waals surface area (Å²) < 4.78 is 0. The molecule has 0 heterocycles. The first-order valence-corrected chi connectivity index (χ1v) is 7.78. The van der Waals surface area contributed by atoms with Crippen LogP contribution in [0, 0.1) is 5.92 Å². The Labute approximate surface area is 131 Å². The van der Waals surface area contributed by atoms with Gasteiger partial charge in [0.15, 0.2) is 0 Å². The Morgan fingerprint density at radius 1 is 1.27 bits per heavy atom. The van der Waals surface area contributed by atoms with Gasteiger partial charge in [-0.1, -0.05) is 18.9 Å². The Kier molecular flexibility index (Phi) is 5.55. The van der Waals surface area contributed by atoms with Crippen molar-refractivity contribution in [1.82, 2.24) is 10.2 Å². The van der Waals surface area contributed by atoms with E-state index in [0.29, 0.717) is 17.7 Å². The quantitative estimate of drug-likeness (QED) is 0.889. The Morgan fingerprint density at radius 2 is 1.95 bits per heavy atom. The third-order valence-electron chi connectivity index (χ3n) is 4.32. The molecule has 1 saturated carbocycles. The molecule has 5 heteroatoms. The fourth-order valence-corrected chi connectivity index (χ4v) is 2.99. The summed E-state index contributed by atoms with van der Waals surface area (Å²) in [5.74, 6) is -0.187. The lowest BCUT2D eigenvalue weighted by Gasteiger charge is -2.31. The summed E-state index contributed by atoms with van der Waals surface area (Å²) in [7, 11) is 3.31. The number of benzene rings is 1. The molecule has 5 nitrogen and oxygen atoms in total. The van der Waals surface area contributed by atoms with Crippen molar-refractivity contribution in [2.24, 2.45) is 5.92 Å². The van der Waals surface area contributed by atoms with Crippen molar-refractivity contribution in [3.63, 3.8) is 0 Å². The monoisotopic (exact) mass is 304 g/mol. The smallest absolute Gasteiger partial charge is 0.253 e. The van der Waals surface area contributed by atoms with E-state index in [-0.39, 0.29) is 23.8 Å². The second-order valence-corrected chi connectivity index (χ2v) is 5.96. The number of aliphatic hydroxyl groups excluding tert-OH is 1. The van der Waals surface area contributed by atoms with Gasteiger partial charge in [0.25, 0.3) is 11.8 Å². The number of aliphatic hydroxyl groups is 1. The second-order valence-electron chi connectivity index (χ2n) is 5.96. The molecule has 0 aliphatic heterocycles. The van der Waals surface area contributed by atoms with Gasteiger partial charge in [-0.15, -0.1) is 0 Å². The van der Waals surface area contributed by atoms with Gasteiger partial charge in [-0.25, -0.2) is 0 Å². The van der Waals surface area contributed by atoms with Crippen molar-refractivity contribution in [2.75, 3.05) is 20.6 Å². The van der Waals surface area contributed by atoms with E-state index in [1.807, 2.05) is 0 Å². The van der Waals surface area contributed by atoms with E-state index in [0.717, 1.165) is 25.7 Å². The van der Waals surface area contributed by atoms with Crippen molar-refractivity contribution in [2.45, 2.75) is 31.8 Å². The van der Waals surface area contributed by atoms with Gasteiger partial charge < -0.3 is 15.3 Å². The van der Waals surface area contributed by atoms with E-state index in [4.69, 9.17) is 0 Å². The van der Waals surface area contributed by atoms with Crippen LogP contribution in [0.4, 0.5) is 0 Å². The van der Waals surface area contributed by atoms with Gasteiger partial charge in [0.2, 0.25) is 0 Å². The van der Waals surface area contributed by atoms with Gasteiger partial charge in [-0.2, -0.15) is 0 Å². The molecule has 1 aromatic rings. The summed E-state index contributed by atoms with van der Waals surface area (Å²) in [6.45, 7) is 0.546. The molecule has 1 aromatic carbocycles. The molecule has 1 fully saturated rings. The predicted octanol–water partition coefficient (Wildman–Crippen LogP) is 1.67. The van der Waals surface area contributed by atoms with Crippen LogP contribution in [0.3, 0.4) is 0 Å². The predicted molar refractivity (Wildman–Crippen MR) is 84.8 cm³/mol. The van der Waals surface area contributed by atoms with Gasteiger partial charge in [-0.3, -0.25) is 9.59 Å². The van der Waals surface area contributed by atoms with Gasteiger partial charge in [0.1, 0.15) is 0 Å². The number of rotatable bonds is 4. The zero-order chi connectivity index (χ0) is 16.1. The average molecular weight is 304 g/mol. The first kappa shape index (κ1) is 16.5. The van der Waals surface area contributed by atoms with Crippen molar-refractivity contribution in [3.8, 4) is 0 Å². The Balaban J connectivity index is 2.05. The van der Waals surface area contributed by atoms with E-state index in [1.54, 1.807) is 43.3 Å². The molecule has 0 radical (unpaired) electrons. The van der Waals surface area contributed by atoms with E-state index in [2.05, 4.69) is 5.32 Å². The minimum Gasteiger partial charge on any atom is -0.393 e. The van der Waals surface area contributed by atoms with Gasteiger partial charge >= 0.3 is 0 Å². The number of nitrogens with zero attached hydrogens (tertiary/aromatic N) is 1. The third kappa shape index (κ3) is 3.85. The normalized spacial score (nSPS) is 21.2. The minimum absolute atomic E-state index is 0.122. The van der Waals surface area contributed by atoms with Crippen LogP contribution >= 0.6 is 0 Å². The van der Waals surface area contributed by atoms with Crippen molar-refractivity contribution in [3.05, 3.63) is 35.4 Å². The molecular formula is C17H24N2O3. The fourth-order valence-electron chi connectivity index (χ4n) is 2.99.